The van der Waals surface area contributed by atoms with E-state index in [1.165, 1.54) is 31.5 Å². The predicted octanol–water partition coefficient (Wildman–Crippen LogP) is 6.66. The van der Waals surface area contributed by atoms with Crippen molar-refractivity contribution in [1.29, 1.82) is 0 Å². The van der Waals surface area contributed by atoms with Crippen LogP contribution in [0, 0.1) is 5.92 Å². The molecule has 3 rings (SSSR count). The molecule has 32 heavy (non-hydrogen) atoms. The lowest BCUT2D eigenvalue weighted by molar-refractivity contribution is -0.0883. The molecular formula is C25H38F2N2O3. The summed E-state index contributed by atoms with van der Waals surface area (Å²) in [6.45, 7) is 9.13. The number of amides is 1. The van der Waals surface area contributed by atoms with Gasteiger partial charge in [0, 0.05) is 12.6 Å². The molecule has 1 unspecified atom stereocenters. The molecule has 2 heterocycles. The molecule has 0 N–H and O–H groups in total. The van der Waals surface area contributed by atoms with Gasteiger partial charge in [-0.3, -0.25) is 9.88 Å². The first kappa shape index (κ1) is 24.9. The second-order valence-electron chi connectivity index (χ2n) is 10.7. The van der Waals surface area contributed by atoms with Crippen molar-refractivity contribution in [2.75, 3.05) is 0 Å². The third-order valence-corrected chi connectivity index (χ3v) is 6.45. The summed E-state index contributed by atoms with van der Waals surface area (Å²) in [6, 6.07) is 4.26. The highest BCUT2D eigenvalue weighted by Crippen LogP contribution is 2.42. The van der Waals surface area contributed by atoms with E-state index in [9.17, 15) is 13.6 Å². The number of rotatable bonds is 6. The van der Waals surface area contributed by atoms with E-state index >= 15 is 0 Å². The summed E-state index contributed by atoms with van der Waals surface area (Å²) in [7, 11) is 0. The Hall–Kier alpha value is -1.76. The van der Waals surface area contributed by atoms with Crippen molar-refractivity contribution in [3.8, 4) is 0 Å². The number of hydrogen-bond acceptors (Lipinski definition) is 4. The first-order chi connectivity index (χ1) is 14.9. The molecule has 0 spiro atoms. The van der Waals surface area contributed by atoms with Crippen molar-refractivity contribution in [2.24, 2.45) is 5.92 Å². The lowest BCUT2D eigenvalue weighted by Gasteiger charge is -2.37. The molecule has 2 aliphatic rings. The maximum absolute atomic E-state index is 14.8. The monoisotopic (exact) mass is 452 g/mol. The Morgan fingerprint density at radius 3 is 2.50 bits per heavy atom. The van der Waals surface area contributed by atoms with Gasteiger partial charge in [-0.15, -0.1) is 0 Å². The molecule has 1 saturated carbocycles. The quantitative estimate of drug-likeness (QED) is 0.484. The summed E-state index contributed by atoms with van der Waals surface area (Å²) >= 11 is 0. The van der Waals surface area contributed by atoms with Crippen LogP contribution in [0.3, 0.4) is 0 Å². The van der Waals surface area contributed by atoms with E-state index in [4.69, 9.17) is 9.47 Å². The van der Waals surface area contributed by atoms with Crippen LogP contribution in [0.2, 0.25) is 0 Å². The summed E-state index contributed by atoms with van der Waals surface area (Å²) < 4.78 is 41.6. The van der Waals surface area contributed by atoms with E-state index in [0.717, 1.165) is 19.3 Å². The van der Waals surface area contributed by atoms with Crippen LogP contribution < -0.4 is 0 Å². The lowest BCUT2D eigenvalue weighted by atomic mass is 9.83. The Balaban J connectivity index is 1.80. The fourth-order valence-corrected chi connectivity index (χ4v) is 5.04. The number of aromatic nitrogens is 1. The molecule has 1 saturated heterocycles. The van der Waals surface area contributed by atoms with Gasteiger partial charge in [-0.2, -0.15) is 8.78 Å². The largest absolute Gasteiger partial charge is 0.444 e. The minimum absolute atomic E-state index is 0.143. The third kappa shape index (κ3) is 6.18. The molecule has 180 valence electrons. The molecule has 1 aromatic heterocycles. The van der Waals surface area contributed by atoms with E-state index in [-0.39, 0.29) is 24.6 Å². The van der Waals surface area contributed by atoms with Crippen LogP contribution in [0.15, 0.2) is 24.4 Å². The van der Waals surface area contributed by atoms with Crippen molar-refractivity contribution < 1.29 is 23.0 Å². The maximum atomic E-state index is 14.8. The normalized spacial score (nSPS) is 24.5. The Morgan fingerprint density at radius 1 is 1.22 bits per heavy atom. The Morgan fingerprint density at radius 2 is 1.91 bits per heavy atom. The van der Waals surface area contributed by atoms with E-state index in [1.807, 2.05) is 34.6 Å². The highest BCUT2D eigenvalue weighted by Gasteiger charge is 2.52. The molecule has 7 heteroatoms. The number of hydrogen-bond donors (Lipinski definition) is 0. The van der Waals surface area contributed by atoms with Crippen LogP contribution >= 0.6 is 0 Å². The molecule has 5 nitrogen and oxygen atoms in total. The van der Waals surface area contributed by atoms with Gasteiger partial charge in [-0.1, -0.05) is 38.2 Å². The van der Waals surface area contributed by atoms with Crippen molar-refractivity contribution in [1.82, 2.24) is 9.88 Å². The van der Waals surface area contributed by atoms with Gasteiger partial charge in [-0.25, -0.2) is 4.79 Å². The summed E-state index contributed by atoms with van der Waals surface area (Å²) in [5.74, 6) is -2.58. The second-order valence-corrected chi connectivity index (χ2v) is 10.7. The van der Waals surface area contributed by atoms with Crippen LogP contribution in [0.1, 0.15) is 91.7 Å². The Labute approximate surface area is 190 Å². The molecular weight excluding hydrogens is 414 g/mol. The zero-order chi connectivity index (χ0) is 23.6. The second kappa shape index (κ2) is 9.62. The molecule has 1 amide bonds. The SMILES string of the molecule is CC(C)(C)OC(=O)N1[C@@H](CC2CCCCC2)C(CCC(F)(F)c2ccccn2)OC1(C)C. The number of pyridine rings is 1. The molecule has 2 atom stereocenters. The van der Waals surface area contributed by atoms with E-state index in [0.29, 0.717) is 5.92 Å². The molecule has 1 aliphatic carbocycles. The van der Waals surface area contributed by atoms with Gasteiger partial charge < -0.3 is 9.47 Å². The number of alkyl halides is 2. The molecule has 0 aromatic carbocycles. The van der Waals surface area contributed by atoms with Crippen molar-refractivity contribution in [2.45, 2.75) is 115 Å². The highest BCUT2D eigenvalue weighted by molar-refractivity contribution is 5.70. The topological polar surface area (TPSA) is 51.7 Å². The smallest absolute Gasteiger partial charge is 0.412 e. The summed E-state index contributed by atoms with van der Waals surface area (Å²) in [4.78, 5) is 18.7. The standard InChI is InChI=1S/C25H38F2N2O3/c1-23(2,3)32-22(30)29-19(17-18-11-7-6-8-12-18)20(31-24(29,4)5)14-15-25(26,27)21-13-9-10-16-28-21/h9-10,13,16,18-20H,6-8,11-12,14-15,17H2,1-5H3/t19-,20?/m0/s1. The van der Waals surface area contributed by atoms with E-state index in [2.05, 4.69) is 4.98 Å². The molecule has 2 fully saturated rings. The number of carbonyl (C=O) groups excluding carboxylic acids is 1. The summed E-state index contributed by atoms with van der Waals surface area (Å²) in [5, 5.41) is 0. The van der Waals surface area contributed by atoms with Crippen molar-refractivity contribution in [3.63, 3.8) is 0 Å². The molecule has 0 radical (unpaired) electrons. The number of halogens is 2. The average molecular weight is 453 g/mol. The van der Waals surface area contributed by atoms with Gasteiger partial charge in [0.05, 0.1) is 12.1 Å². The molecule has 0 bridgehead atoms. The molecule has 1 aromatic rings. The zero-order valence-corrected chi connectivity index (χ0v) is 20.1. The average Bonchev–Trinajstić information content (AvgIpc) is 2.96. The zero-order valence-electron chi connectivity index (χ0n) is 20.1. The first-order valence-electron chi connectivity index (χ1n) is 11.9. The lowest BCUT2D eigenvalue weighted by Crippen LogP contribution is -2.50. The van der Waals surface area contributed by atoms with Crippen LogP contribution in [-0.4, -0.2) is 39.4 Å². The summed E-state index contributed by atoms with van der Waals surface area (Å²) in [6.07, 6.45) is 6.78. The highest BCUT2D eigenvalue weighted by atomic mass is 19.3. The van der Waals surface area contributed by atoms with Crippen molar-refractivity contribution in [3.05, 3.63) is 30.1 Å². The predicted molar refractivity (Wildman–Crippen MR) is 119 cm³/mol. The van der Waals surface area contributed by atoms with Crippen LogP contribution in [0.4, 0.5) is 13.6 Å². The van der Waals surface area contributed by atoms with Gasteiger partial charge in [-0.05, 0) is 65.5 Å². The van der Waals surface area contributed by atoms with Gasteiger partial charge >= 0.3 is 6.09 Å². The fourth-order valence-electron chi connectivity index (χ4n) is 5.04. The van der Waals surface area contributed by atoms with Gasteiger partial charge in [0.2, 0.25) is 0 Å². The molecule has 1 aliphatic heterocycles. The maximum Gasteiger partial charge on any atom is 0.412 e. The third-order valence-electron chi connectivity index (χ3n) is 6.45. The summed E-state index contributed by atoms with van der Waals surface area (Å²) in [5.41, 5.74) is -1.80. The van der Waals surface area contributed by atoms with Gasteiger partial charge in [0.1, 0.15) is 17.0 Å². The minimum atomic E-state index is -3.05. The minimum Gasteiger partial charge on any atom is -0.444 e. The number of nitrogens with zero attached hydrogens (tertiary/aromatic N) is 2. The van der Waals surface area contributed by atoms with Crippen LogP contribution in [-0.2, 0) is 15.4 Å². The first-order valence-corrected chi connectivity index (χ1v) is 11.9. The number of ether oxygens (including phenoxy) is 2. The van der Waals surface area contributed by atoms with Crippen molar-refractivity contribution >= 4 is 6.09 Å². The van der Waals surface area contributed by atoms with Gasteiger partial charge in [0.25, 0.3) is 5.92 Å². The van der Waals surface area contributed by atoms with Crippen LogP contribution in [0.5, 0.6) is 0 Å². The van der Waals surface area contributed by atoms with E-state index < -0.39 is 29.4 Å². The fraction of sp³-hybridized carbons (Fsp3) is 0.760. The van der Waals surface area contributed by atoms with E-state index in [1.54, 1.807) is 17.0 Å². The Bertz CT molecular complexity index is 758. The van der Waals surface area contributed by atoms with Crippen LogP contribution in [0.25, 0.3) is 0 Å². The Kier molecular flexibility index (Phi) is 7.48. The number of carbonyl (C=O) groups is 1. The van der Waals surface area contributed by atoms with Gasteiger partial charge in [0.15, 0.2) is 0 Å².